The lowest BCUT2D eigenvalue weighted by atomic mass is 10.1. The van der Waals surface area contributed by atoms with Gasteiger partial charge in [-0.3, -0.25) is 0 Å². The van der Waals surface area contributed by atoms with Gasteiger partial charge in [0.25, 0.3) is 0 Å². The zero-order valence-electron chi connectivity index (χ0n) is 8.10. The van der Waals surface area contributed by atoms with Crippen LogP contribution in [0.5, 0.6) is 0 Å². The lowest BCUT2D eigenvalue weighted by Crippen LogP contribution is -1.72. The van der Waals surface area contributed by atoms with E-state index in [2.05, 4.69) is 36.4 Å². The van der Waals surface area contributed by atoms with Crippen LogP contribution in [0, 0.1) is 0 Å². The Morgan fingerprint density at radius 2 is 1.87 bits per heavy atom. The van der Waals surface area contributed by atoms with Gasteiger partial charge in [-0.05, 0) is 22.9 Å². The van der Waals surface area contributed by atoms with Crippen LogP contribution in [0.2, 0.25) is 0 Å². The predicted molar refractivity (Wildman–Crippen MR) is 65.3 cm³/mol. The Balaban J connectivity index is 2.47. The second kappa shape index (κ2) is 3.33. The summed E-state index contributed by atoms with van der Waals surface area (Å²) in [5.74, 6) is 0. The minimum atomic E-state index is 0.133. The molecule has 3 rings (SSSR count). The summed E-state index contributed by atoms with van der Waals surface area (Å²) in [7, 11) is 0. The van der Waals surface area contributed by atoms with Crippen molar-refractivity contribution in [1.82, 2.24) is 0 Å². The zero-order chi connectivity index (χ0) is 10.3. The molecule has 0 amide bonds. The molecule has 0 radical (unpaired) electrons. The number of thiophene rings is 1. The number of aliphatic hydroxyl groups excluding tert-OH is 1. The second-order valence-corrected chi connectivity index (χ2v) is 4.74. The second-order valence-electron chi connectivity index (χ2n) is 3.57. The van der Waals surface area contributed by atoms with Crippen LogP contribution in [0.15, 0.2) is 42.5 Å². The largest absolute Gasteiger partial charge is 0.391 e. The molecule has 1 aromatic heterocycles. The van der Waals surface area contributed by atoms with E-state index in [0.29, 0.717) is 0 Å². The molecule has 0 aliphatic carbocycles. The fourth-order valence-corrected chi connectivity index (χ4v) is 2.86. The van der Waals surface area contributed by atoms with Crippen LogP contribution in [0.1, 0.15) is 4.88 Å². The van der Waals surface area contributed by atoms with Crippen molar-refractivity contribution in [3.8, 4) is 0 Å². The van der Waals surface area contributed by atoms with E-state index in [1.54, 1.807) is 11.3 Å². The quantitative estimate of drug-likeness (QED) is 0.656. The molecule has 74 valence electrons. The van der Waals surface area contributed by atoms with Gasteiger partial charge in [-0.25, -0.2) is 0 Å². The molecule has 0 saturated carbocycles. The molecule has 0 aliphatic rings. The topological polar surface area (TPSA) is 20.2 Å². The van der Waals surface area contributed by atoms with E-state index in [1.165, 1.54) is 20.9 Å². The summed E-state index contributed by atoms with van der Waals surface area (Å²) >= 11 is 1.66. The summed E-state index contributed by atoms with van der Waals surface area (Å²) in [5.41, 5.74) is 0. The first kappa shape index (κ1) is 8.89. The molecule has 1 nitrogen and oxygen atoms in total. The average Bonchev–Trinajstić information content (AvgIpc) is 2.72. The number of hydrogen-bond acceptors (Lipinski definition) is 2. The molecule has 2 heteroatoms. The third kappa shape index (κ3) is 1.34. The molecular formula is C13H10OS. The summed E-state index contributed by atoms with van der Waals surface area (Å²) in [4.78, 5) is 1.03. The maximum atomic E-state index is 9.12. The van der Waals surface area contributed by atoms with Crippen LogP contribution in [-0.4, -0.2) is 5.11 Å². The third-order valence-corrected chi connectivity index (χ3v) is 3.72. The number of rotatable bonds is 1. The van der Waals surface area contributed by atoms with Crippen LogP contribution >= 0.6 is 11.3 Å². The van der Waals surface area contributed by atoms with Crippen molar-refractivity contribution >= 4 is 32.2 Å². The van der Waals surface area contributed by atoms with Crippen LogP contribution in [0.4, 0.5) is 0 Å². The highest BCUT2D eigenvalue weighted by Crippen LogP contribution is 2.31. The fraction of sp³-hybridized carbons (Fsp3) is 0.0769. The Hall–Kier alpha value is -1.38. The minimum absolute atomic E-state index is 0.133. The normalized spacial score (nSPS) is 11.3. The number of hydrogen-bond donors (Lipinski definition) is 1. The first-order valence-corrected chi connectivity index (χ1v) is 5.71. The number of aliphatic hydroxyl groups is 1. The smallest absolute Gasteiger partial charge is 0.0774 e. The van der Waals surface area contributed by atoms with Gasteiger partial charge in [-0.15, -0.1) is 11.3 Å². The van der Waals surface area contributed by atoms with Gasteiger partial charge >= 0.3 is 0 Å². The molecule has 3 aromatic rings. The van der Waals surface area contributed by atoms with Gasteiger partial charge in [0, 0.05) is 15.0 Å². The molecule has 1 N–H and O–H groups in total. The summed E-state index contributed by atoms with van der Waals surface area (Å²) in [5, 5.41) is 12.9. The van der Waals surface area contributed by atoms with Crippen molar-refractivity contribution in [3.05, 3.63) is 47.3 Å². The van der Waals surface area contributed by atoms with Crippen molar-refractivity contribution in [3.63, 3.8) is 0 Å². The van der Waals surface area contributed by atoms with E-state index < -0.39 is 0 Å². The van der Waals surface area contributed by atoms with Crippen molar-refractivity contribution in [1.29, 1.82) is 0 Å². The molecule has 0 bridgehead atoms. The van der Waals surface area contributed by atoms with Crippen molar-refractivity contribution in [2.75, 3.05) is 0 Å². The SMILES string of the molecule is OCc1cc2c(ccc3ccccc32)s1. The highest BCUT2D eigenvalue weighted by molar-refractivity contribution is 7.19. The molecular weight excluding hydrogens is 204 g/mol. The fourth-order valence-electron chi connectivity index (χ4n) is 1.92. The van der Waals surface area contributed by atoms with E-state index in [-0.39, 0.29) is 6.61 Å². The first-order chi connectivity index (χ1) is 7.38. The third-order valence-electron chi connectivity index (χ3n) is 2.63. The van der Waals surface area contributed by atoms with Crippen LogP contribution in [-0.2, 0) is 6.61 Å². The van der Waals surface area contributed by atoms with E-state index in [9.17, 15) is 0 Å². The Morgan fingerprint density at radius 1 is 1.00 bits per heavy atom. The lowest BCUT2D eigenvalue weighted by Gasteiger charge is -1.97. The van der Waals surface area contributed by atoms with E-state index in [4.69, 9.17) is 5.11 Å². The summed E-state index contributed by atoms with van der Waals surface area (Å²) in [6.07, 6.45) is 0. The minimum Gasteiger partial charge on any atom is -0.391 e. The standard InChI is InChI=1S/C13H10OS/c14-8-10-7-12-11-4-2-1-3-9(11)5-6-13(12)15-10/h1-7,14H,8H2. The van der Waals surface area contributed by atoms with Gasteiger partial charge in [-0.1, -0.05) is 30.3 Å². The summed E-state index contributed by atoms with van der Waals surface area (Å²) in [6, 6.07) is 14.7. The maximum absolute atomic E-state index is 9.12. The maximum Gasteiger partial charge on any atom is 0.0774 e. The van der Waals surface area contributed by atoms with E-state index in [0.717, 1.165) is 4.88 Å². The molecule has 0 fully saturated rings. The zero-order valence-corrected chi connectivity index (χ0v) is 8.92. The molecule has 2 aromatic carbocycles. The Bertz CT molecular complexity index is 625. The van der Waals surface area contributed by atoms with Gasteiger partial charge in [0.2, 0.25) is 0 Å². The van der Waals surface area contributed by atoms with Gasteiger partial charge in [0.05, 0.1) is 6.61 Å². The molecule has 0 spiro atoms. The van der Waals surface area contributed by atoms with Gasteiger partial charge in [0.1, 0.15) is 0 Å². The van der Waals surface area contributed by atoms with E-state index >= 15 is 0 Å². The highest BCUT2D eigenvalue weighted by Gasteiger charge is 2.04. The Morgan fingerprint density at radius 3 is 2.73 bits per heavy atom. The molecule has 0 atom stereocenters. The monoisotopic (exact) mass is 214 g/mol. The summed E-state index contributed by atoms with van der Waals surface area (Å²) in [6.45, 7) is 0.133. The van der Waals surface area contributed by atoms with Crippen molar-refractivity contribution in [2.45, 2.75) is 6.61 Å². The lowest BCUT2D eigenvalue weighted by molar-refractivity contribution is 0.285. The Kier molecular flexibility index (Phi) is 1.97. The van der Waals surface area contributed by atoms with Gasteiger partial charge in [0.15, 0.2) is 0 Å². The average molecular weight is 214 g/mol. The summed E-state index contributed by atoms with van der Waals surface area (Å²) < 4.78 is 1.25. The molecule has 0 unspecified atom stereocenters. The predicted octanol–water partition coefficient (Wildman–Crippen LogP) is 3.55. The molecule has 15 heavy (non-hydrogen) atoms. The Labute approximate surface area is 91.6 Å². The van der Waals surface area contributed by atoms with Crippen molar-refractivity contribution in [2.24, 2.45) is 0 Å². The van der Waals surface area contributed by atoms with Crippen molar-refractivity contribution < 1.29 is 5.11 Å². The molecule has 0 saturated heterocycles. The van der Waals surface area contributed by atoms with Crippen LogP contribution in [0.3, 0.4) is 0 Å². The number of fused-ring (bicyclic) bond motifs is 3. The van der Waals surface area contributed by atoms with Gasteiger partial charge in [-0.2, -0.15) is 0 Å². The van der Waals surface area contributed by atoms with Crippen LogP contribution in [0.25, 0.3) is 20.9 Å². The highest BCUT2D eigenvalue weighted by atomic mass is 32.1. The number of benzene rings is 2. The first-order valence-electron chi connectivity index (χ1n) is 4.89. The molecule has 0 aliphatic heterocycles. The van der Waals surface area contributed by atoms with E-state index in [1.807, 2.05) is 6.07 Å². The van der Waals surface area contributed by atoms with Gasteiger partial charge < -0.3 is 5.11 Å². The molecule has 1 heterocycles. The van der Waals surface area contributed by atoms with Crippen LogP contribution < -0.4 is 0 Å².